The second-order valence-corrected chi connectivity index (χ2v) is 8.94. The molecule has 0 atom stereocenters. The van der Waals surface area contributed by atoms with E-state index in [0.29, 0.717) is 42.9 Å². The lowest BCUT2D eigenvalue weighted by molar-refractivity contribution is -0.130. The minimum Gasteiger partial charge on any atom is -0.398 e. The van der Waals surface area contributed by atoms with Crippen LogP contribution in [0.3, 0.4) is 0 Å². The van der Waals surface area contributed by atoms with E-state index in [1.54, 1.807) is 11.0 Å². The second kappa shape index (κ2) is 8.76. The molecule has 2 aliphatic rings. The molecule has 2 amide bonds. The lowest BCUT2D eigenvalue weighted by Gasteiger charge is -2.25. The second-order valence-electron chi connectivity index (χ2n) is 8.94. The van der Waals surface area contributed by atoms with Gasteiger partial charge >= 0.3 is 0 Å². The molecule has 35 heavy (non-hydrogen) atoms. The Morgan fingerprint density at radius 1 is 1.31 bits per heavy atom. The Morgan fingerprint density at radius 3 is 2.86 bits per heavy atom. The predicted octanol–water partition coefficient (Wildman–Crippen LogP) is 3.87. The smallest absolute Gasteiger partial charge is 0.256 e. The Bertz CT molecular complexity index is 1460. The molecule has 0 fully saturated rings. The van der Waals surface area contributed by atoms with Crippen molar-refractivity contribution in [3.63, 3.8) is 0 Å². The van der Waals surface area contributed by atoms with Crippen molar-refractivity contribution >= 4 is 34.0 Å². The van der Waals surface area contributed by atoms with Gasteiger partial charge < -0.3 is 15.5 Å². The number of H-pyrrole nitrogens is 1. The van der Waals surface area contributed by atoms with E-state index in [1.807, 2.05) is 36.1 Å². The molecule has 1 aromatic heterocycles. The van der Waals surface area contributed by atoms with Gasteiger partial charge in [-0.25, -0.2) is 0 Å². The molecule has 8 nitrogen and oxygen atoms in total. The van der Waals surface area contributed by atoms with Gasteiger partial charge in [0, 0.05) is 42.7 Å². The lowest BCUT2D eigenvalue weighted by Crippen LogP contribution is -2.34. The van der Waals surface area contributed by atoms with E-state index in [1.165, 1.54) is 0 Å². The first kappa shape index (κ1) is 22.4. The number of nitrogens with zero attached hydrogens (tertiary/aromatic N) is 4. The summed E-state index contributed by atoms with van der Waals surface area (Å²) in [5.41, 5.74) is 13.1. The molecule has 0 saturated heterocycles. The number of aromatic amines is 1. The van der Waals surface area contributed by atoms with E-state index in [9.17, 15) is 9.59 Å². The Balaban J connectivity index is 1.52. The number of aromatic nitrogens is 2. The number of hydrogen-bond acceptors (Lipinski definition) is 5. The molecule has 0 spiro atoms. The van der Waals surface area contributed by atoms with Gasteiger partial charge in [-0.05, 0) is 46.9 Å². The molecule has 2 aromatic carbocycles. The molecule has 176 valence electrons. The van der Waals surface area contributed by atoms with Crippen molar-refractivity contribution in [2.24, 2.45) is 0 Å². The van der Waals surface area contributed by atoms with Gasteiger partial charge in [0.05, 0.1) is 29.4 Å². The van der Waals surface area contributed by atoms with E-state index in [0.717, 1.165) is 45.3 Å². The van der Waals surface area contributed by atoms with E-state index in [2.05, 4.69) is 28.9 Å². The van der Waals surface area contributed by atoms with E-state index in [4.69, 9.17) is 11.0 Å². The minimum atomic E-state index is -0.181. The third-order valence-corrected chi connectivity index (χ3v) is 6.78. The third-order valence-electron chi connectivity index (χ3n) is 6.78. The highest BCUT2D eigenvalue weighted by molar-refractivity contribution is 6.05. The van der Waals surface area contributed by atoms with Crippen molar-refractivity contribution in [2.75, 3.05) is 25.4 Å². The molecule has 8 heteroatoms. The van der Waals surface area contributed by atoms with Crippen LogP contribution >= 0.6 is 0 Å². The molecule has 0 unspecified atom stereocenters. The van der Waals surface area contributed by atoms with Crippen LogP contribution < -0.4 is 5.73 Å². The van der Waals surface area contributed by atoms with Crippen molar-refractivity contribution in [3.8, 4) is 17.2 Å². The van der Waals surface area contributed by atoms with Crippen LogP contribution in [0, 0.1) is 11.3 Å². The van der Waals surface area contributed by atoms with Gasteiger partial charge in [-0.1, -0.05) is 31.7 Å². The summed E-state index contributed by atoms with van der Waals surface area (Å²) in [5, 5.41) is 17.8. The maximum absolute atomic E-state index is 13.0. The predicted molar refractivity (Wildman–Crippen MR) is 135 cm³/mol. The highest BCUT2D eigenvalue weighted by atomic mass is 16.2. The van der Waals surface area contributed by atoms with Gasteiger partial charge in [-0.3, -0.25) is 14.7 Å². The van der Waals surface area contributed by atoms with Crippen molar-refractivity contribution in [1.82, 2.24) is 20.0 Å². The number of nitrogens with two attached hydrogens (primary N) is 1. The fraction of sp³-hybridized carbons (Fsp3) is 0.259. The monoisotopic (exact) mass is 466 g/mol. The zero-order valence-electron chi connectivity index (χ0n) is 19.6. The van der Waals surface area contributed by atoms with Crippen LogP contribution in [0.15, 0.2) is 48.6 Å². The van der Waals surface area contributed by atoms with Gasteiger partial charge in [0.2, 0.25) is 5.91 Å². The summed E-state index contributed by atoms with van der Waals surface area (Å²) in [5.74, 6) is -0.0204. The summed E-state index contributed by atoms with van der Waals surface area (Å²) in [6.07, 6.45) is 3.34. The third kappa shape index (κ3) is 3.85. The summed E-state index contributed by atoms with van der Waals surface area (Å²) in [7, 11) is 0. The number of carbonyl (C=O) groups excluding carboxylic acids is 2. The molecular weight excluding hydrogens is 440 g/mol. The first-order chi connectivity index (χ1) is 16.9. The van der Waals surface area contributed by atoms with Crippen LogP contribution in [-0.2, 0) is 11.3 Å². The number of nitrogens with one attached hydrogen (secondary N) is 1. The van der Waals surface area contributed by atoms with E-state index >= 15 is 0 Å². The summed E-state index contributed by atoms with van der Waals surface area (Å²) >= 11 is 0. The number of amides is 2. The number of nitriles is 1. The fourth-order valence-electron chi connectivity index (χ4n) is 4.93. The standard InChI is InChI=1S/C27H26N6O2/c1-3-24(34)32-10-8-17(9-11-32)26-20-12-18(4-7-23(20)30-31-26)19-5-6-22(29)25-21(19)15-33(27(25)35)14-16(2)13-28/h4-8,12H,2-3,9-11,14-15,29H2,1H3,(H,30,31). The first-order valence-corrected chi connectivity index (χ1v) is 11.7. The molecular formula is C27H26N6O2. The van der Waals surface area contributed by atoms with E-state index < -0.39 is 0 Å². The number of nitrogen functional groups attached to an aromatic ring is 1. The van der Waals surface area contributed by atoms with Crippen LogP contribution in [0.4, 0.5) is 5.69 Å². The molecule has 3 N–H and O–H groups in total. The molecule has 0 radical (unpaired) electrons. The molecule has 0 saturated carbocycles. The molecule has 5 rings (SSSR count). The van der Waals surface area contributed by atoms with Crippen LogP contribution in [0.1, 0.15) is 41.4 Å². The van der Waals surface area contributed by atoms with Crippen LogP contribution in [0.5, 0.6) is 0 Å². The molecule has 2 aliphatic heterocycles. The van der Waals surface area contributed by atoms with E-state index in [-0.39, 0.29) is 18.4 Å². The van der Waals surface area contributed by atoms with Crippen LogP contribution in [-0.4, -0.2) is 51.4 Å². The molecule has 3 aromatic rings. The average Bonchev–Trinajstić information content (AvgIpc) is 3.45. The minimum absolute atomic E-state index is 0.161. The van der Waals surface area contributed by atoms with Crippen molar-refractivity contribution in [3.05, 3.63) is 65.4 Å². The zero-order chi connectivity index (χ0) is 24.7. The zero-order valence-corrected chi connectivity index (χ0v) is 19.6. The van der Waals surface area contributed by atoms with Gasteiger partial charge in [0.1, 0.15) is 0 Å². The summed E-state index contributed by atoms with van der Waals surface area (Å²) < 4.78 is 0. The van der Waals surface area contributed by atoms with Crippen molar-refractivity contribution in [1.29, 1.82) is 5.26 Å². The quantitative estimate of drug-likeness (QED) is 0.437. The van der Waals surface area contributed by atoms with Crippen LogP contribution in [0.25, 0.3) is 27.6 Å². The number of hydrogen-bond donors (Lipinski definition) is 2. The maximum Gasteiger partial charge on any atom is 0.256 e. The summed E-state index contributed by atoms with van der Waals surface area (Å²) in [6.45, 7) is 7.42. The Kier molecular flexibility index (Phi) is 5.61. The largest absolute Gasteiger partial charge is 0.398 e. The Morgan fingerprint density at radius 2 is 2.14 bits per heavy atom. The van der Waals surface area contributed by atoms with Gasteiger partial charge in [-0.2, -0.15) is 10.4 Å². The van der Waals surface area contributed by atoms with Gasteiger partial charge in [0.15, 0.2) is 0 Å². The number of fused-ring (bicyclic) bond motifs is 2. The van der Waals surface area contributed by atoms with Crippen molar-refractivity contribution < 1.29 is 9.59 Å². The topological polar surface area (TPSA) is 119 Å². The number of anilines is 1. The van der Waals surface area contributed by atoms with Crippen molar-refractivity contribution in [2.45, 2.75) is 26.3 Å². The highest BCUT2D eigenvalue weighted by Gasteiger charge is 2.32. The number of benzene rings is 2. The maximum atomic E-state index is 13.0. The first-order valence-electron chi connectivity index (χ1n) is 11.7. The SMILES string of the molecule is C=C(C#N)CN1Cc2c(-c3ccc4[nH]nc(C5=CCN(C(=O)CC)CC5)c4c3)ccc(N)c2C1=O. The summed E-state index contributed by atoms with van der Waals surface area (Å²) in [4.78, 5) is 28.5. The van der Waals surface area contributed by atoms with Gasteiger partial charge in [0.25, 0.3) is 5.91 Å². The number of carbonyl (C=O) groups is 2. The number of rotatable bonds is 5. The highest BCUT2D eigenvalue weighted by Crippen LogP contribution is 2.38. The summed E-state index contributed by atoms with van der Waals surface area (Å²) in [6, 6.07) is 11.8. The van der Waals surface area contributed by atoms with Gasteiger partial charge in [-0.15, -0.1) is 0 Å². The fourth-order valence-corrected chi connectivity index (χ4v) is 4.93. The normalized spacial score (nSPS) is 15.2. The van der Waals surface area contributed by atoms with Crippen LogP contribution in [0.2, 0.25) is 0 Å². The Labute approximate surface area is 203 Å². The molecule has 3 heterocycles. The average molecular weight is 467 g/mol. The lowest BCUT2D eigenvalue weighted by atomic mass is 9.94. The Hall–Kier alpha value is -4.38. The molecule has 0 bridgehead atoms. The molecule has 0 aliphatic carbocycles.